The number of nitrogens with one attached hydrogen (secondary N) is 1. The highest BCUT2D eigenvalue weighted by Gasteiger charge is 2.10. The van der Waals surface area contributed by atoms with Gasteiger partial charge in [-0.15, -0.1) is 6.58 Å². The summed E-state index contributed by atoms with van der Waals surface area (Å²) < 4.78 is 1.25. The third-order valence-electron chi connectivity index (χ3n) is 2.48. The van der Waals surface area contributed by atoms with Crippen molar-refractivity contribution < 1.29 is 5.11 Å². The van der Waals surface area contributed by atoms with Crippen LogP contribution in [0.2, 0.25) is 5.02 Å². The molecule has 2 N–H and O–H groups in total. The molecule has 0 aliphatic carbocycles. The highest BCUT2D eigenvalue weighted by atomic mass is 35.5. The number of aliphatic hydroxyl groups excluding tert-OH is 1. The maximum atomic E-state index is 11.8. The first-order valence-electron chi connectivity index (χ1n) is 5.84. The van der Waals surface area contributed by atoms with Crippen LogP contribution in [0.1, 0.15) is 19.8 Å². The summed E-state index contributed by atoms with van der Waals surface area (Å²) in [5.74, 6) is 0. The van der Waals surface area contributed by atoms with E-state index >= 15 is 0 Å². The van der Waals surface area contributed by atoms with E-state index < -0.39 is 0 Å². The average molecular weight is 272 g/mol. The highest BCUT2D eigenvalue weighted by molar-refractivity contribution is 6.32. The van der Waals surface area contributed by atoms with Crippen LogP contribution in [0.4, 0.5) is 5.69 Å². The second-order valence-corrected chi connectivity index (χ2v) is 4.44. The zero-order valence-electron chi connectivity index (χ0n) is 10.4. The molecule has 0 saturated carbocycles. The molecule has 6 heteroatoms. The molecule has 1 atom stereocenters. The molecule has 1 heterocycles. The molecule has 1 unspecified atom stereocenters. The van der Waals surface area contributed by atoms with E-state index in [4.69, 9.17) is 16.7 Å². The molecule has 100 valence electrons. The van der Waals surface area contributed by atoms with Crippen molar-refractivity contribution in [1.82, 2.24) is 9.78 Å². The fraction of sp³-hybridized carbons (Fsp3) is 0.500. The van der Waals surface area contributed by atoms with Crippen LogP contribution >= 0.6 is 11.6 Å². The van der Waals surface area contributed by atoms with Gasteiger partial charge in [0.15, 0.2) is 0 Å². The van der Waals surface area contributed by atoms with Crippen molar-refractivity contribution in [3.8, 4) is 0 Å². The van der Waals surface area contributed by atoms with E-state index in [1.165, 1.54) is 10.9 Å². The van der Waals surface area contributed by atoms with Crippen LogP contribution in [0.3, 0.4) is 0 Å². The fourth-order valence-corrected chi connectivity index (χ4v) is 1.75. The molecule has 0 spiro atoms. The van der Waals surface area contributed by atoms with E-state index in [1.54, 1.807) is 6.08 Å². The number of nitrogens with zero attached hydrogens (tertiary/aromatic N) is 2. The van der Waals surface area contributed by atoms with Crippen LogP contribution in [-0.2, 0) is 6.54 Å². The van der Waals surface area contributed by atoms with E-state index in [2.05, 4.69) is 17.0 Å². The molecule has 1 aromatic rings. The van der Waals surface area contributed by atoms with E-state index in [9.17, 15) is 4.79 Å². The third-order valence-corrected chi connectivity index (χ3v) is 2.85. The molecule has 0 aliphatic rings. The number of anilines is 1. The topological polar surface area (TPSA) is 67.2 Å². The molecule has 0 fully saturated rings. The van der Waals surface area contributed by atoms with Crippen molar-refractivity contribution in [3.05, 3.63) is 34.2 Å². The SMILES string of the molecule is C=CCn1ncc(NC(C)CCCO)c(Cl)c1=O. The lowest BCUT2D eigenvalue weighted by atomic mass is 10.2. The van der Waals surface area contributed by atoms with Gasteiger partial charge in [-0.2, -0.15) is 5.10 Å². The second kappa shape index (κ2) is 7.18. The van der Waals surface area contributed by atoms with Gasteiger partial charge in [-0.1, -0.05) is 17.7 Å². The van der Waals surface area contributed by atoms with Gasteiger partial charge >= 0.3 is 0 Å². The largest absolute Gasteiger partial charge is 0.396 e. The minimum Gasteiger partial charge on any atom is -0.396 e. The fourth-order valence-electron chi connectivity index (χ4n) is 1.55. The van der Waals surface area contributed by atoms with Gasteiger partial charge in [-0.05, 0) is 19.8 Å². The molecule has 5 nitrogen and oxygen atoms in total. The van der Waals surface area contributed by atoms with Gasteiger partial charge in [-0.25, -0.2) is 4.68 Å². The molecule has 0 saturated heterocycles. The first-order chi connectivity index (χ1) is 8.60. The Kier molecular flexibility index (Phi) is 5.88. The predicted octanol–water partition coefficient (Wildman–Crippen LogP) is 1.66. The van der Waals surface area contributed by atoms with Gasteiger partial charge < -0.3 is 10.4 Å². The molecular formula is C12H18ClN3O2. The lowest BCUT2D eigenvalue weighted by Crippen LogP contribution is -2.25. The molecule has 0 radical (unpaired) electrons. The molecule has 18 heavy (non-hydrogen) atoms. The zero-order valence-corrected chi connectivity index (χ0v) is 11.2. The van der Waals surface area contributed by atoms with Gasteiger partial charge in [0.25, 0.3) is 5.56 Å². The smallest absolute Gasteiger partial charge is 0.287 e. The number of aliphatic hydroxyl groups is 1. The zero-order chi connectivity index (χ0) is 13.5. The Bertz CT molecular complexity index is 459. The molecule has 0 bridgehead atoms. The lowest BCUT2D eigenvalue weighted by Gasteiger charge is -2.15. The van der Waals surface area contributed by atoms with Crippen molar-refractivity contribution in [1.29, 1.82) is 0 Å². The summed E-state index contributed by atoms with van der Waals surface area (Å²) in [5.41, 5.74) is 0.184. The summed E-state index contributed by atoms with van der Waals surface area (Å²) in [7, 11) is 0. The van der Waals surface area contributed by atoms with E-state index in [0.717, 1.165) is 6.42 Å². The quantitative estimate of drug-likeness (QED) is 0.740. The number of hydrogen-bond acceptors (Lipinski definition) is 4. The summed E-state index contributed by atoms with van der Waals surface area (Å²) in [6.45, 7) is 5.99. The molecule has 1 aromatic heterocycles. The van der Waals surface area contributed by atoms with Gasteiger partial charge in [0.1, 0.15) is 5.02 Å². The monoisotopic (exact) mass is 271 g/mol. The van der Waals surface area contributed by atoms with Crippen LogP contribution < -0.4 is 10.9 Å². The minimum atomic E-state index is -0.337. The standard InChI is InChI=1S/C12H18ClN3O2/c1-3-6-16-12(18)11(13)10(8-14-16)15-9(2)5-4-7-17/h3,8-9,15,17H,1,4-7H2,2H3. The number of allylic oxidation sites excluding steroid dienone is 1. The summed E-state index contributed by atoms with van der Waals surface area (Å²) in [6.07, 6.45) is 4.61. The molecule has 0 aromatic carbocycles. The van der Waals surface area contributed by atoms with Crippen LogP contribution in [0.15, 0.2) is 23.6 Å². The van der Waals surface area contributed by atoms with Crippen LogP contribution in [-0.4, -0.2) is 27.5 Å². The van der Waals surface area contributed by atoms with Gasteiger partial charge in [0.2, 0.25) is 0 Å². The Hall–Kier alpha value is -1.33. The highest BCUT2D eigenvalue weighted by Crippen LogP contribution is 2.17. The summed E-state index contributed by atoms with van der Waals surface area (Å²) >= 11 is 5.99. The second-order valence-electron chi connectivity index (χ2n) is 4.06. The molecule has 0 amide bonds. The van der Waals surface area contributed by atoms with Gasteiger partial charge in [-0.3, -0.25) is 4.79 Å². The third kappa shape index (κ3) is 3.85. The Morgan fingerprint density at radius 1 is 1.72 bits per heavy atom. The van der Waals surface area contributed by atoms with Crippen molar-refractivity contribution in [2.24, 2.45) is 0 Å². The lowest BCUT2D eigenvalue weighted by molar-refractivity contribution is 0.282. The molecule has 0 aliphatic heterocycles. The van der Waals surface area contributed by atoms with E-state index in [-0.39, 0.29) is 23.2 Å². The van der Waals surface area contributed by atoms with Crippen molar-refractivity contribution in [3.63, 3.8) is 0 Å². The number of aromatic nitrogens is 2. The maximum Gasteiger partial charge on any atom is 0.287 e. The maximum absolute atomic E-state index is 11.8. The minimum absolute atomic E-state index is 0.117. The Morgan fingerprint density at radius 2 is 2.44 bits per heavy atom. The van der Waals surface area contributed by atoms with Crippen molar-refractivity contribution in [2.75, 3.05) is 11.9 Å². The van der Waals surface area contributed by atoms with Crippen LogP contribution in [0, 0.1) is 0 Å². The number of hydrogen-bond donors (Lipinski definition) is 2. The van der Waals surface area contributed by atoms with Gasteiger partial charge in [0, 0.05) is 12.6 Å². The average Bonchev–Trinajstić information content (AvgIpc) is 2.36. The Labute approximate surface area is 111 Å². The first-order valence-corrected chi connectivity index (χ1v) is 6.21. The molecule has 1 rings (SSSR count). The Morgan fingerprint density at radius 3 is 3.06 bits per heavy atom. The Balaban J connectivity index is 2.82. The summed E-state index contributed by atoms with van der Waals surface area (Å²) in [5, 5.41) is 16.0. The van der Waals surface area contributed by atoms with Crippen LogP contribution in [0.25, 0.3) is 0 Å². The summed E-state index contributed by atoms with van der Waals surface area (Å²) in [4.78, 5) is 11.8. The normalized spacial score (nSPS) is 12.2. The number of halogens is 1. The molecular weight excluding hydrogens is 254 g/mol. The van der Waals surface area contributed by atoms with Crippen molar-refractivity contribution in [2.45, 2.75) is 32.4 Å². The van der Waals surface area contributed by atoms with Gasteiger partial charge in [0.05, 0.1) is 18.4 Å². The summed E-state index contributed by atoms with van der Waals surface area (Å²) in [6, 6.07) is 0.117. The number of rotatable bonds is 7. The van der Waals surface area contributed by atoms with Crippen molar-refractivity contribution >= 4 is 17.3 Å². The van der Waals surface area contributed by atoms with Crippen LogP contribution in [0.5, 0.6) is 0 Å². The van der Waals surface area contributed by atoms with E-state index in [1.807, 2.05) is 6.92 Å². The predicted molar refractivity (Wildman–Crippen MR) is 73.1 cm³/mol. The van der Waals surface area contributed by atoms with E-state index in [0.29, 0.717) is 18.7 Å². The first kappa shape index (κ1) is 14.7.